The van der Waals surface area contributed by atoms with Crippen LogP contribution in [0.25, 0.3) is 0 Å². The number of amides is 2. The highest BCUT2D eigenvalue weighted by molar-refractivity contribution is 5.98. The molecule has 0 spiro atoms. The molecule has 2 aliphatic heterocycles. The second kappa shape index (κ2) is 6.10. The van der Waals surface area contributed by atoms with E-state index in [9.17, 15) is 9.59 Å². The van der Waals surface area contributed by atoms with Crippen LogP contribution < -0.4 is 5.32 Å². The first-order chi connectivity index (χ1) is 10.6. The lowest BCUT2D eigenvalue weighted by molar-refractivity contribution is -0.139. The third-order valence-corrected chi connectivity index (χ3v) is 4.57. The molecular formula is C16H24N4O2. The normalized spacial score (nSPS) is 21.0. The first-order valence-electron chi connectivity index (χ1n) is 8.24. The van der Waals surface area contributed by atoms with Crippen LogP contribution >= 0.6 is 0 Å². The van der Waals surface area contributed by atoms with Crippen molar-refractivity contribution >= 4 is 17.5 Å². The fourth-order valence-electron chi connectivity index (χ4n) is 3.38. The first-order valence-corrected chi connectivity index (χ1v) is 8.24. The number of likely N-dealkylation sites (tertiary alicyclic amines) is 1. The number of rotatable bonds is 3. The summed E-state index contributed by atoms with van der Waals surface area (Å²) in [6.07, 6.45) is 6.60. The van der Waals surface area contributed by atoms with Crippen LogP contribution in [0.15, 0.2) is 6.20 Å². The van der Waals surface area contributed by atoms with Crippen LogP contribution in [0.1, 0.15) is 45.2 Å². The molecule has 0 aromatic carbocycles. The number of nitrogens with one attached hydrogen (secondary N) is 1. The molecule has 0 radical (unpaired) electrons. The summed E-state index contributed by atoms with van der Waals surface area (Å²) in [5.41, 5.74) is 1.92. The predicted octanol–water partition coefficient (Wildman–Crippen LogP) is 1.80. The SMILES string of the molecule is CC(C)C(=O)N1CCCC1C(=O)Nc1cnn2c1CCCC2. The summed E-state index contributed by atoms with van der Waals surface area (Å²) in [6, 6.07) is -0.339. The van der Waals surface area contributed by atoms with Gasteiger partial charge in [0.2, 0.25) is 11.8 Å². The Bertz CT molecular complexity index is 579. The van der Waals surface area contributed by atoms with Crippen LogP contribution in [0.5, 0.6) is 0 Å². The molecule has 1 fully saturated rings. The van der Waals surface area contributed by atoms with Gasteiger partial charge < -0.3 is 10.2 Å². The Morgan fingerprint density at radius 2 is 2.09 bits per heavy atom. The van der Waals surface area contributed by atoms with Crippen LogP contribution in [0.2, 0.25) is 0 Å². The predicted molar refractivity (Wildman–Crippen MR) is 83.4 cm³/mol. The van der Waals surface area contributed by atoms with Gasteiger partial charge >= 0.3 is 0 Å². The Labute approximate surface area is 130 Å². The van der Waals surface area contributed by atoms with Crippen LogP contribution in [0.4, 0.5) is 5.69 Å². The smallest absolute Gasteiger partial charge is 0.247 e. The summed E-state index contributed by atoms with van der Waals surface area (Å²) in [5, 5.41) is 7.34. The molecule has 1 unspecified atom stereocenters. The topological polar surface area (TPSA) is 67.2 Å². The Balaban J connectivity index is 1.71. The van der Waals surface area contributed by atoms with Gasteiger partial charge in [0.1, 0.15) is 6.04 Å². The number of carbonyl (C=O) groups is 2. The number of aromatic nitrogens is 2. The van der Waals surface area contributed by atoms with Gasteiger partial charge in [-0.3, -0.25) is 14.3 Å². The van der Waals surface area contributed by atoms with Crippen molar-refractivity contribution in [2.75, 3.05) is 11.9 Å². The van der Waals surface area contributed by atoms with Crippen molar-refractivity contribution in [2.24, 2.45) is 5.92 Å². The average molecular weight is 304 g/mol. The van der Waals surface area contributed by atoms with E-state index in [0.717, 1.165) is 50.0 Å². The summed E-state index contributed by atoms with van der Waals surface area (Å²) >= 11 is 0. The van der Waals surface area contributed by atoms with E-state index in [1.165, 1.54) is 0 Å². The number of aryl methyl sites for hydroxylation is 1. The van der Waals surface area contributed by atoms with Crippen molar-refractivity contribution in [3.63, 3.8) is 0 Å². The number of carbonyl (C=O) groups excluding carboxylic acids is 2. The van der Waals surface area contributed by atoms with E-state index in [-0.39, 0.29) is 23.8 Å². The Morgan fingerprint density at radius 3 is 2.86 bits per heavy atom. The van der Waals surface area contributed by atoms with Gasteiger partial charge in [-0.15, -0.1) is 0 Å². The van der Waals surface area contributed by atoms with E-state index in [0.29, 0.717) is 6.54 Å². The third-order valence-electron chi connectivity index (χ3n) is 4.57. The number of hydrogen-bond acceptors (Lipinski definition) is 3. The van der Waals surface area contributed by atoms with Crippen molar-refractivity contribution < 1.29 is 9.59 Å². The van der Waals surface area contributed by atoms with E-state index in [1.807, 2.05) is 18.5 Å². The molecule has 1 aromatic heterocycles. The zero-order valence-electron chi connectivity index (χ0n) is 13.3. The van der Waals surface area contributed by atoms with E-state index in [4.69, 9.17) is 0 Å². The van der Waals surface area contributed by atoms with Gasteiger partial charge in [0.25, 0.3) is 0 Å². The van der Waals surface area contributed by atoms with Gasteiger partial charge in [0, 0.05) is 19.0 Å². The molecular weight excluding hydrogens is 280 g/mol. The lowest BCUT2D eigenvalue weighted by atomic mass is 10.1. The first kappa shape index (κ1) is 15.1. The van der Waals surface area contributed by atoms with Crippen molar-refractivity contribution in [1.29, 1.82) is 0 Å². The zero-order valence-corrected chi connectivity index (χ0v) is 13.3. The highest BCUT2D eigenvalue weighted by atomic mass is 16.2. The monoisotopic (exact) mass is 304 g/mol. The van der Waals surface area contributed by atoms with Gasteiger partial charge in [0.15, 0.2) is 0 Å². The molecule has 2 aliphatic rings. The summed E-state index contributed by atoms with van der Waals surface area (Å²) in [5.74, 6) is -0.0835. The molecule has 1 atom stereocenters. The van der Waals surface area contributed by atoms with Crippen LogP contribution in [-0.2, 0) is 22.6 Å². The van der Waals surface area contributed by atoms with Gasteiger partial charge in [-0.25, -0.2) is 0 Å². The molecule has 3 heterocycles. The minimum atomic E-state index is -0.339. The van der Waals surface area contributed by atoms with Crippen molar-refractivity contribution in [1.82, 2.24) is 14.7 Å². The molecule has 0 aliphatic carbocycles. The maximum Gasteiger partial charge on any atom is 0.247 e. The quantitative estimate of drug-likeness (QED) is 0.926. The van der Waals surface area contributed by atoms with E-state index in [1.54, 1.807) is 11.1 Å². The van der Waals surface area contributed by atoms with Crippen molar-refractivity contribution in [3.8, 4) is 0 Å². The van der Waals surface area contributed by atoms with E-state index < -0.39 is 0 Å². The van der Waals surface area contributed by atoms with Crippen LogP contribution in [-0.4, -0.2) is 39.1 Å². The molecule has 3 rings (SSSR count). The molecule has 1 saturated heterocycles. The lowest BCUT2D eigenvalue weighted by Gasteiger charge is -2.25. The molecule has 2 amide bonds. The lowest BCUT2D eigenvalue weighted by Crippen LogP contribution is -2.44. The van der Waals surface area contributed by atoms with Crippen LogP contribution in [0.3, 0.4) is 0 Å². The molecule has 1 N–H and O–H groups in total. The fraction of sp³-hybridized carbons (Fsp3) is 0.688. The molecule has 0 saturated carbocycles. The summed E-state index contributed by atoms with van der Waals surface area (Å²) < 4.78 is 1.98. The highest BCUT2D eigenvalue weighted by Gasteiger charge is 2.35. The number of anilines is 1. The molecule has 1 aromatic rings. The average Bonchev–Trinajstić information content (AvgIpc) is 3.13. The highest BCUT2D eigenvalue weighted by Crippen LogP contribution is 2.25. The zero-order chi connectivity index (χ0) is 15.7. The number of nitrogens with zero attached hydrogens (tertiary/aromatic N) is 3. The molecule has 22 heavy (non-hydrogen) atoms. The maximum absolute atomic E-state index is 12.6. The minimum Gasteiger partial charge on any atom is -0.330 e. The summed E-state index contributed by atoms with van der Waals surface area (Å²) in [6.45, 7) is 5.36. The summed E-state index contributed by atoms with van der Waals surface area (Å²) in [7, 11) is 0. The summed E-state index contributed by atoms with van der Waals surface area (Å²) in [4.78, 5) is 26.6. The standard InChI is InChI=1S/C16H24N4O2/c1-11(2)16(22)19-8-5-7-14(19)15(21)18-12-10-17-20-9-4-3-6-13(12)20/h10-11,14H,3-9H2,1-2H3,(H,18,21). The molecule has 6 heteroatoms. The fourth-order valence-corrected chi connectivity index (χ4v) is 3.38. The Kier molecular flexibility index (Phi) is 4.18. The van der Waals surface area contributed by atoms with Gasteiger partial charge in [-0.05, 0) is 32.1 Å². The van der Waals surface area contributed by atoms with Gasteiger partial charge in [-0.2, -0.15) is 5.10 Å². The molecule has 6 nitrogen and oxygen atoms in total. The second-order valence-corrected chi connectivity index (χ2v) is 6.52. The molecule has 120 valence electrons. The van der Waals surface area contributed by atoms with Crippen molar-refractivity contribution in [2.45, 2.75) is 58.5 Å². The maximum atomic E-state index is 12.6. The van der Waals surface area contributed by atoms with E-state index >= 15 is 0 Å². The van der Waals surface area contributed by atoms with Crippen LogP contribution in [0, 0.1) is 5.92 Å². The largest absolute Gasteiger partial charge is 0.330 e. The minimum absolute atomic E-state index is 0.0645. The number of fused-ring (bicyclic) bond motifs is 1. The second-order valence-electron chi connectivity index (χ2n) is 6.52. The van der Waals surface area contributed by atoms with Gasteiger partial charge in [-0.1, -0.05) is 13.8 Å². The van der Waals surface area contributed by atoms with Gasteiger partial charge in [0.05, 0.1) is 17.6 Å². The Morgan fingerprint density at radius 1 is 1.27 bits per heavy atom. The van der Waals surface area contributed by atoms with Crippen molar-refractivity contribution in [3.05, 3.63) is 11.9 Å². The third kappa shape index (κ3) is 2.74. The molecule has 0 bridgehead atoms. The number of hydrogen-bond donors (Lipinski definition) is 1. The Hall–Kier alpha value is -1.85. The van der Waals surface area contributed by atoms with E-state index in [2.05, 4.69) is 10.4 Å².